The summed E-state index contributed by atoms with van der Waals surface area (Å²) in [5, 5.41) is 9.69. The number of aliphatic hydroxyl groups is 1. The molecular weight excluding hydrogens is 234 g/mol. The molecule has 0 radical (unpaired) electrons. The Kier molecular flexibility index (Phi) is 15.4. The van der Waals surface area contributed by atoms with Gasteiger partial charge in [0.05, 0.1) is 12.6 Å². The normalized spacial score (nSPS) is 13.2. The molecule has 0 aliphatic rings. The van der Waals surface area contributed by atoms with Crippen molar-refractivity contribution in [2.45, 2.75) is 97.0 Å². The fourth-order valence-corrected chi connectivity index (χ4v) is 2.28. The molecule has 0 saturated carbocycles. The van der Waals surface area contributed by atoms with Gasteiger partial charge in [-0.15, -0.1) is 0 Å². The number of hydrogen-bond donors (Lipinski definition) is 1. The van der Waals surface area contributed by atoms with Crippen LogP contribution in [0.25, 0.3) is 0 Å². The smallest absolute Gasteiger partial charge is 0.0735 e. The minimum Gasteiger partial charge on any atom is -0.391 e. The fraction of sp³-hybridized carbons (Fsp3) is 0.941. The first-order chi connectivity index (χ1) is 9.31. The van der Waals surface area contributed by atoms with Gasteiger partial charge >= 0.3 is 0 Å². The van der Waals surface area contributed by atoms with Crippen LogP contribution in [-0.4, -0.2) is 24.0 Å². The number of aliphatic imine (C=N–C) groups is 1. The zero-order valence-corrected chi connectivity index (χ0v) is 13.2. The molecule has 0 aliphatic carbocycles. The molecule has 0 heterocycles. The van der Waals surface area contributed by atoms with Crippen LogP contribution in [0.1, 0.15) is 90.9 Å². The van der Waals surface area contributed by atoms with Gasteiger partial charge in [0.15, 0.2) is 0 Å². The Morgan fingerprint density at radius 1 is 0.842 bits per heavy atom. The fourth-order valence-electron chi connectivity index (χ4n) is 2.28. The lowest BCUT2D eigenvalue weighted by Gasteiger charge is -2.07. The van der Waals surface area contributed by atoms with Crippen LogP contribution < -0.4 is 0 Å². The van der Waals surface area contributed by atoms with Gasteiger partial charge in [-0.25, -0.2) is 0 Å². The third kappa shape index (κ3) is 15.6. The van der Waals surface area contributed by atoms with Crippen molar-refractivity contribution in [1.82, 2.24) is 0 Å². The number of unbranched alkanes of at least 4 members (excludes halogenated alkanes) is 9. The van der Waals surface area contributed by atoms with Crippen molar-refractivity contribution < 1.29 is 5.11 Å². The first-order valence-corrected chi connectivity index (χ1v) is 8.47. The van der Waals surface area contributed by atoms with Gasteiger partial charge in [0.2, 0.25) is 0 Å². The summed E-state index contributed by atoms with van der Waals surface area (Å²) in [6.07, 6.45) is 17.0. The highest BCUT2D eigenvalue weighted by Crippen LogP contribution is 2.12. The molecule has 2 heteroatoms. The Balaban J connectivity index is 3.11. The molecule has 0 aromatic rings. The average molecular weight is 269 g/mol. The number of rotatable bonds is 14. The molecule has 0 fully saturated rings. The summed E-state index contributed by atoms with van der Waals surface area (Å²) in [7, 11) is 0. The Labute approximate surface area is 120 Å². The molecule has 0 aromatic carbocycles. The van der Waals surface area contributed by atoms with Gasteiger partial charge in [-0.05, 0) is 19.1 Å². The first kappa shape index (κ1) is 18.6. The van der Waals surface area contributed by atoms with Crippen molar-refractivity contribution in [3.63, 3.8) is 0 Å². The Bertz CT molecular complexity index is 192. The average Bonchev–Trinajstić information content (AvgIpc) is 2.41. The standard InChI is InChI=1S/C17H35NO/c1-3-5-6-7-8-9-10-11-12-13-14-17(19)16-18-15-4-2/h15,17,19H,3-14,16H2,1-2H3. The predicted molar refractivity (Wildman–Crippen MR) is 86.1 cm³/mol. The molecule has 0 saturated heterocycles. The van der Waals surface area contributed by atoms with Crippen molar-refractivity contribution in [3.05, 3.63) is 0 Å². The summed E-state index contributed by atoms with van der Waals surface area (Å²) >= 11 is 0. The predicted octanol–water partition coefficient (Wildman–Crippen LogP) is 5.14. The molecule has 0 aliphatic heterocycles. The van der Waals surface area contributed by atoms with Crippen molar-refractivity contribution in [2.24, 2.45) is 4.99 Å². The van der Waals surface area contributed by atoms with E-state index in [1.807, 2.05) is 6.21 Å². The van der Waals surface area contributed by atoms with Gasteiger partial charge in [-0.2, -0.15) is 0 Å². The summed E-state index contributed by atoms with van der Waals surface area (Å²) in [5.74, 6) is 0. The highest BCUT2D eigenvalue weighted by atomic mass is 16.3. The molecule has 0 spiro atoms. The van der Waals surface area contributed by atoms with Gasteiger partial charge < -0.3 is 5.11 Å². The van der Waals surface area contributed by atoms with Crippen LogP contribution in [0.2, 0.25) is 0 Å². The maximum atomic E-state index is 9.69. The molecule has 1 atom stereocenters. The Hall–Kier alpha value is -0.370. The highest BCUT2D eigenvalue weighted by molar-refractivity contribution is 5.56. The topological polar surface area (TPSA) is 32.6 Å². The van der Waals surface area contributed by atoms with Crippen LogP contribution in [-0.2, 0) is 0 Å². The second kappa shape index (κ2) is 15.7. The largest absolute Gasteiger partial charge is 0.391 e. The molecule has 0 aromatic heterocycles. The highest BCUT2D eigenvalue weighted by Gasteiger charge is 2.01. The van der Waals surface area contributed by atoms with E-state index in [2.05, 4.69) is 18.8 Å². The van der Waals surface area contributed by atoms with Gasteiger partial charge in [0.25, 0.3) is 0 Å². The molecule has 0 amide bonds. The van der Waals surface area contributed by atoms with Crippen molar-refractivity contribution in [1.29, 1.82) is 0 Å². The summed E-state index contributed by atoms with van der Waals surface area (Å²) in [4.78, 5) is 4.18. The summed E-state index contributed by atoms with van der Waals surface area (Å²) in [5.41, 5.74) is 0. The summed E-state index contributed by atoms with van der Waals surface area (Å²) in [6, 6.07) is 0. The van der Waals surface area contributed by atoms with Gasteiger partial charge in [0.1, 0.15) is 0 Å². The second-order valence-corrected chi connectivity index (χ2v) is 5.58. The Morgan fingerprint density at radius 2 is 1.37 bits per heavy atom. The van der Waals surface area contributed by atoms with Crippen LogP contribution in [0, 0.1) is 0 Å². The van der Waals surface area contributed by atoms with E-state index in [9.17, 15) is 5.11 Å². The zero-order chi connectivity index (χ0) is 14.2. The number of hydrogen-bond acceptors (Lipinski definition) is 2. The van der Waals surface area contributed by atoms with Crippen LogP contribution in [0.15, 0.2) is 4.99 Å². The molecular formula is C17H35NO. The molecule has 114 valence electrons. The van der Waals surface area contributed by atoms with E-state index in [0.717, 1.165) is 19.3 Å². The number of nitrogens with zero attached hydrogens (tertiary/aromatic N) is 1. The lowest BCUT2D eigenvalue weighted by atomic mass is 10.0. The minimum absolute atomic E-state index is 0.225. The van der Waals surface area contributed by atoms with E-state index in [1.54, 1.807) is 0 Å². The maximum Gasteiger partial charge on any atom is 0.0735 e. The van der Waals surface area contributed by atoms with Crippen molar-refractivity contribution in [2.75, 3.05) is 6.54 Å². The van der Waals surface area contributed by atoms with Crippen molar-refractivity contribution >= 4 is 6.21 Å². The quantitative estimate of drug-likeness (QED) is 0.344. The van der Waals surface area contributed by atoms with Gasteiger partial charge in [-0.3, -0.25) is 4.99 Å². The van der Waals surface area contributed by atoms with Crippen molar-refractivity contribution in [3.8, 4) is 0 Å². The van der Waals surface area contributed by atoms with E-state index >= 15 is 0 Å². The van der Waals surface area contributed by atoms with E-state index in [4.69, 9.17) is 0 Å². The third-order valence-corrected chi connectivity index (χ3v) is 3.52. The Morgan fingerprint density at radius 3 is 1.89 bits per heavy atom. The minimum atomic E-state index is -0.225. The van der Waals surface area contributed by atoms with E-state index in [-0.39, 0.29) is 6.10 Å². The molecule has 0 rings (SSSR count). The third-order valence-electron chi connectivity index (χ3n) is 3.52. The van der Waals surface area contributed by atoms with E-state index in [1.165, 1.54) is 57.8 Å². The van der Waals surface area contributed by atoms with Gasteiger partial charge in [0, 0.05) is 0 Å². The SMILES string of the molecule is CCC=NCC(O)CCCCCCCCCCCC. The zero-order valence-electron chi connectivity index (χ0n) is 13.2. The van der Waals surface area contributed by atoms with Crippen LogP contribution in [0.5, 0.6) is 0 Å². The summed E-state index contributed by atoms with van der Waals surface area (Å²) < 4.78 is 0. The molecule has 1 unspecified atom stereocenters. The molecule has 0 bridgehead atoms. The molecule has 1 N–H and O–H groups in total. The molecule has 19 heavy (non-hydrogen) atoms. The van der Waals surface area contributed by atoms with Gasteiger partial charge in [-0.1, -0.05) is 78.1 Å². The molecule has 2 nitrogen and oxygen atoms in total. The number of aliphatic hydroxyl groups excluding tert-OH is 1. The lowest BCUT2D eigenvalue weighted by Crippen LogP contribution is -2.10. The first-order valence-electron chi connectivity index (χ1n) is 8.47. The maximum absolute atomic E-state index is 9.69. The monoisotopic (exact) mass is 269 g/mol. The van der Waals surface area contributed by atoms with Crippen LogP contribution >= 0.6 is 0 Å². The second-order valence-electron chi connectivity index (χ2n) is 5.58. The van der Waals surface area contributed by atoms with Crippen LogP contribution in [0.4, 0.5) is 0 Å². The van der Waals surface area contributed by atoms with E-state index in [0.29, 0.717) is 6.54 Å². The summed E-state index contributed by atoms with van der Waals surface area (Å²) in [6.45, 7) is 4.92. The van der Waals surface area contributed by atoms with Crippen LogP contribution in [0.3, 0.4) is 0 Å². The van der Waals surface area contributed by atoms with E-state index < -0.39 is 0 Å². The lowest BCUT2D eigenvalue weighted by molar-refractivity contribution is 0.169.